The van der Waals surface area contributed by atoms with Crippen LogP contribution in [0.5, 0.6) is 0 Å². The number of thioether (sulfide) groups is 1. The first-order chi connectivity index (χ1) is 11.3. The van der Waals surface area contributed by atoms with E-state index in [0.29, 0.717) is 0 Å². The Morgan fingerprint density at radius 1 is 0.667 bits per heavy atom. The molecular weight excluding hydrogens is 329 g/mol. The van der Waals surface area contributed by atoms with Gasteiger partial charge in [0.15, 0.2) is 0 Å². The highest BCUT2D eigenvalue weighted by molar-refractivity contribution is 7.99. The maximum Gasteiger partial charge on any atom is 0.316 e. The van der Waals surface area contributed by atoms with E-state index in [4.69, 9.17) is 5.11 Å². The minimum absolute atomic E-state index is 0. The predicted molar refractivity (Wildman–Crippen MR) is 113 cm³/mol. The van der Waals surface area contributed by atoms with Gasteiger partial charge >= 0.3 is 29.0 Å². The van der Waals surface area contributed by atoms with Gasteiger partial charge in [0.05, 0.1) is 5.75 Å². The van der Waals surface area contributed by atoms with Gasteiger partial charge in [-0.3, -0.25) is 4.79 Å². The second kappa shape index (κ2) is 23.6. The molecule has 0 bridgehead atoms. The van der Waals surface area contributed by atoms with Crippen LogP contribution in [-0.2, 0) is 4.79 Å². The van der Waals surface area contributed by atoms with E-state index in [1.807, 2.05) is 0 Å². The summed E-state index contributed by atoms with van der Waals surface area (Å²) < 4.78 is 0. The number of hydrogen-bond donors (Lipinski definition) is 1. The second-order valence-corrected chi connectivity index (χ2v) is 7.85. The number of carboxylic acid groups (broad SMARTS) is 1. The topological polar surface area (TPSA) is 37.3 Å². The van der Waals surface area contributed by atoms with Crippen molar-refractivity contribution in [1.29, 1.82) is 0 Å². The zero-order valence-electron chi connectivity index (χ0n) is 15.5. The van der Waals surface area contributed by atoms with E-state index in [1.54, 1.807) is 11.8 Å². The third-order valence-corrected chi connectivity index (χ3v) is 5.40. The molecule has 24 heavy (non-hydrogen) atoms. The first-order valence-electron chi connectivity index (χ1n) is 10.1. The lowest BCUT2D eigenvalue weighted by atomic mass is 10.0. The number of unbranched alkanes of at least 4 members (excludes halogenated alkanes) is 15. The van der Waals surface area contributed by atoms with Crippen LogP contribution >= 0.6 is 11.8 Å². The Bertz CT molecular complexity index is 250. The van der Waals surface area contributed by atoms with Crippen molar-refractivity contribution < 1.29 is 9.90 Å². The molecule has 0 aliphatic heterocycles. The molecule has 0 saturated heterocycles. The second-order valence-electron chi connectivity index (χ2n) is 6.75. The van der Waals surface area contributed by atoms with Crippen LogP contribution in [0, 0.1) is 0 Å². The molecule has 0 unspecified atom stereocenters. The van der Waals surface area contributed by atoms with Crippen molar-refractivity contribution in [2.24, 2.45) is 0 Å². The zero-order chi connectivity index (χ0) is 17.0. The number of rotatable bonds is 19. The van der Waals surface area contributed by atoms with Gasteiger partial charge in [0.1, 0.15) is 0 Å². The fourth-order valence-electron chi connectivity index (χ4n) is 2.91. The fourth-order valence-corrected chi connectivity index (χ4v) is 3.64. The molecule has 0 heterocycles. The summed E-state index contributed by atoms with van der Waals surface area (Å²) in [6.45, 7) is 2.28. The molecule has 0 aliphatic rings. The molecule has 0 saturated carbocycles. The van der Waals surface area contributed by atoms with Gasteiger partial charge < -0.3 is 5.11 Å². The van der Waals surface area contributed by atoms with E-state index >= 15 is 0 Å². The minimum Gasteiger partial charge on any atom is -0.481 e. The molecule has 1 N–H and O–H groups in total. The third kappa shape index (κ3) is 24.8. The number of carbonyl (C=O) groups is 1. The lowest BCUT2D eigenvalue weighted by Gasteiger charge is -2.03. The molecule has 0 aromatic carbocycles. The van der Waals surface area contributed by atoms with Crippen LogP contribution in [0.2, 0.25) is 0 Å². The summed E-state index contributed by atoms with van der Waals surface area (Å²) in [5.74, 6) is 0.579. The van der Waals surface area contributed by atoms with Crippen LogP contribution in [0.15, 0.2) is 0 Å². The lowest BCUT2D eigenvalue weighted by Crippen LogP contribution is -1.98. The van der Waals surface area contributed by atoms with Gasteiger partial charge in [-0.05, 0) is 12.2 Å². The monoisotopic (exact) mass is 370 g/mol. The summed E-state index contributed by atoms with van der Waals surface area (Å²) in [5, 5.41) is 8.53. The SMILES string of the molecule is CCCCCCCCCCCCCCCCCCSCC(=O)O.[MgH2]. The van der Waals surface area contributed by atoms with Crippen molar-refractivity contribution in [1.82, 2.24) is 0 Å². The molecule has 0 fully saturated rings. The van der Waals surface area contributed by atoms with Crippen molar-refractivity contribution in [2.75, 3.05) is 11.5 Å². The van der Waals surface area contributed by atoms with E-state index in [0.717, 1.165) is 5.75 Å². The van der Waals surface area contributed by atoms with Gasteiger partial charge in [0.25, 0.3) is 0 Å². The Morgan fingerprint density at radius 3 is 1.33 bits per heavy atom. The fraction of sp³-hybridized carbons (Fsp3) is 0.950. The number of aliphatic carboxylic acids is 1. The summed E-state index contributed by atoms with van der Waals surface area (Å²) in [6, 6.07) is 0. The third-order valence-electron chi connectivity index (χ3n) is 4.37. The summed E-state index contributed by atoms with van der Waals surface area (Å²) >= 11 is 1.55. The van der Waals surface area contributed by atoms with Gasteiger partial charge in [-0.15, -0.1) is 0 Å². The average molecular weight is 371 g/mol. The summed E-state index contributed by atoms with van der Waals surface area (Å²) in [6.07, 6.45) is 22.2. The Labute approximate surface area is 171 Å². The summed E-state index contributed by atoms with van der Waals surface area (Å²) in [5.41, 5.74) is 0. The Morgan fingerprint density at radius 2 is 1.00 bits per heavy atom. The molecule has 0 aromatic heterocycles. The average Bonchev–Trinajstić information content (AvgIpc) is 2.53. The standard InChI is InChI=1S/C20H40O2S.Mg.2H/c1-2-3-4-5-6-7-8-9-10-11-12-13-14-15-16-17-18-23-19-20(21)22;;;/h2-19H2,1H3,(H,21,22);;;. The largest absolute Gasteiger partial charge is 0.481 e. The van der Waals surface area contributed by atoms with Crippen LogP contribution in [0.25, 0.3) is 0 Å². The van der Waals surface area contributed by atoms with Crippen molar-refractivity contribution in [3.05, 3.63) is 0 Å². The van der Waals surface area contributed by atoms with Crippen LogP contribution in [0.3, 0.4) is 0 Å². The van der Waals surface area contributed by atoms with E-state index < -0.39 is 5.97 Å². The van der Waals surface area contributed by atoms with Crippen molar-refractivity contribution >= 4 is 40.8 Å². The Hall–Kier alpha value is 0.586. The van der Waals surface area contributed by atoms with Crippen molar-refractivity contribution in [3.8, 4) is 0 Å². The summed E-state index contributed by atoms with van der Waals surface area (Å²) in [4.78, 5) is 10.4. The molecule has 0 atom stereocenters. The first-order valence-corrected chi connectivity index (χ1v) is 11.2. The quantitative estimate of drug-likeness (QED) is 0.219. The van der Waals surface area contributed by atoms with Crippen LogP contribution in [-0.4, -0.2) is 45.6 Å². The smallest absolute Gasteiger partial charge is 0.316 e. The Kier molecular flexibility index (Phi) is 26.3. The van der Waals surface area contributed by atoms with E-state index in [1.165, 1.54) is 103 Å². The Balaban J connectivity index is 0. The van der Waals surface area contributed by atoms with Gasteiger partial charge in [-0.1, -0.05) is 103 Å². The van der Waals surface area contributed by atoms with E-state index in [9.17, 15) is 4.79 Å². The van der Waals surface area contributed by atoms with E-state index in [2.05, 4.69) is 6.92 Å². The molecule has 0 spiro atoms. The van der Waals surface area contributed by atoms with Gasteiger partial charge in [0, 0.05) is 0 Å². The lowest BCUT2D eigenvalue weighted by molar-refractivity contribution is -0.133. The number of carboxylic acids is 1. The first kappa shape index (κ1) is 26.8. The molecule has 0 aromatic rings. The van der Waals surface area contributed by atoms with Crippen LogP contribution in [0.4, 0.5) is 0 Å². The zero-order valence-corrected chi connectivity index (χ0v) is 16.3. The highest BCUT2D eigenvalue weighted by Crippen LogP contribution is 2.14. The minimum atomic E-state index is -0.688. The molecule has 0 radical (unpaired) electrons. The summed E-state index contributed by atoms with van der Waals surface area (Å²) in [7, 11) is 0. The van der Waals surface area contributed by atoms with Crippen molar-refractivity contribution in [3.63, 3.8) is 0 Å². The highest BCUT2D eigenvalue weighted by atomic mass is 32.2. The predicted octanol–water partition coefficient (Wildman–Crippen LogP) is 6.15. The van der Waals surface area contributed by atoms with Gasteiger partial charge in [-0.25, -0.2) is 0 Å². The molecule has 142 valence electrons. The molecule has 0 aliphatic carbocycles. The highest BCUT2D eigenvalue weighted by Gasteiger charge is 1.97. The van der Waals surface area contributed by atoms with Gasteiger partial charge in [-0.2, -0.15) is 11.8 Å². The maximum atomic E-state index is 10.4. The maximum absolute atomic E-state index is 10.4. The molecule has 0 rings (SSSR count). The van der Waals surface area contributed by atoms with Crippen molar-refractivity contribution in [2.45, 2.75) is 110 Å². The van der Waals surface area contributed by atoms with E-state index in [-0.39, 0.29) is 28.8 Å². The number of hydrogen-bond acceptors (Lipinski definition) is 2. The normalized spacial score (nSPS) is 10.5. The van der Waals surface area contributed by atoms with Gasteiger partial charge in [0.2, 0.25) is 0 Å². The molecule has 2 nitrogen and oxygen atoms in total. The van der Waals surface area contributed by atoms with Crippen LogP contribution in [0.1, 0.15) is 110 Å². The molecule has 4 heteroatoms. The van der Waals surface area contributed by atoms with Crippen LogP contribution < -0.4 is 0 Å². The molecular formula is C20H42MgO2S. The molecule has 0 amide bonds.